The van der Waals surface area contributed by atoms with E-state index in [0.29, 0.717) is 37.4 Å². The molecule has 1 saturated heterocycles. The highest BCUT2D eigenvalue weighted by molar-refractivity contribution is 5.85. The maximum atomic E-state index is 13.1. The summed E-state index contributed by atoms with van der Waals surface area (Å²) in [5.74, 6) is 1.05. The molecule has 1 aliphatic rings. The van der Waals surface area contributed by atoms with E-state index in [1.807, 2.05) is 60.4 Å². The Kier molecular flexibility index (Phi) is 6.75. The highest BCUT2D eigenvalue weighted by atomic mass is 16.5. The first-order valence-electron chi connectivity index (χ1n) is 9.92. The first-order valence-corrected chi connectivity index (χ1v) is 9.92. The summed E-state index contributed by atoms with van der Waals surface area (Å²) in [6, 6.07) is 15.1. The van der Waals surface area contributed by atoms with Gasteiger partial charge in [-0.05, 0) is 36.6 Å². The Balaban J connectivity index is 1.77. The molecule has 2 amide bonds. The lowest BCUT2D eigenvalue weighted by atomic mass is 9.83. The van der Waals surface area contributed by atoms with Crippen LogP contribution in [0.5, 0.6) is 11.5 Å². The van der Waals surface area contributed by atoms with Crippen molar-refractivity contribution in [1.82, 2.24) is 10.2 Å². The van der Waals surface area contributed by atoms with Crippen LogP contribution in [-0.2, 0) is 16.1 Å². The van der Waals surface area contributed by atoms with E-state index in [0.717, 1.165) is 11.1 Å². The Hall–Kier alpha value is -3.02. The van der Waals surface area contributed by atoms with Crippen LogP contribution in [-0.4, -0.2) is 37.5 Å². The molecule has 0 bridgehead atoms. The maximum Gasteiger partial charge on any atom is 0.225 e. The van der Waals surface area contributed by atoms with Gasteiger partial charge in [0.2, 0.25) is 11.8 Å². The molecule has 154 valence electrons. The fourth-order valence-electron chi connectivity index (χ4n) is 3.97. The van der Waals surface area contributed by atoms with Crippen LogP contribution in [0.3, 0.4) is 0 Å². The van der Waals surface area contributed by atoms with Crippen molar-refractivity contribution < 1.29 is 19.1 Å². The number of ether oxygens (including phenoxy) is 2. The summed E-state index contributed by atoms with van der Waals surface area (Å²) in [5.41, 5.74) is 1.92. The molecule has 2 aromatic rings. The lowest BCUT2D eigenvalue weighted by Gasteiger charge is -2.40. The molecule has 2 atom stereocenters. The van der Waals surface area contributed by atoms with Gasteiger partial charge in [0.25, 0.3) is 0 Å². The molecule has 0 unspecified atom stereocenters. The number of rotatable bonds is 7. The highest BCUT2D eigenvalue weighted by Crippen LogP contribution is 2.36. The van der Waals surface area contributed by atoms with Crippen LogP contribution in [0.1, 0.15) is 36.9 Å². The quantitative estimate of drug-likeness (QED) is 0.780. The molecule has 3 rings (SSSR count). The van der Waals surface area contributed by atoms with Gasteiger partial charge in [0.05, 0.1) is 26.2 Å². The number of carbonyl (C=O) groups excluding carboxylic acids is 2. The van der Waals surface area contributed by atoms with E-state index in [1.165, 1.54) is 0 Å². The fraction of sp³-hybridized carbons (Fsp3) is 0.391. The Morgan fingerprint density at radius 2 is 1.83 bits per heavy atom. The monoisotopic (exact) mass is 396 g/mol. The van der Waals surface area contributed by atoms with E-state index < -0.39 is 0 Å². The van der Waals surface area contributed by atoms with Crippen LogP contribution in [0, 0.1) is 5.92 Å². The average Bonchev–Trinajstić information content (AvgIpc) is 2.77. The van der Waals surface area contributed by atoms with E-state index in [2.05, 4.69) is 5.32 Å². The minimum atomic E-state index is -0.282. The zero-order chi connectivity index (χ0) is 20.8. The van der Waals surface area contributed by atoms with Gasteiger partial charge < -0.3 is 19.7 Å². The Bertz CT molecular complexity index is 853. The number of hydrogen-bond donors (Lipinski definition) is 1. The SMILES string of the molecule is CCN1C(=O)CC[C@@H](C(=O)NCc2ccc(OC)c(OC)c2)[C@@H]1c1ccccc1. The molecule has 0 saturated carbocycles. The van der Waals surface area contributed by atoms with Gasteiger partial charge in [-0.2, -0.15) is 0 Å². The minimum Gasteiger partial charge on any atom is -0.493 e. The van der Waals surface area contributed by atoms with Crippen LogP contribution in [0.4, 0.5) is 0 Å². The molecule has 1 aliphatic heterocycles. The number of methoxy groups -OCH3 is 2. The van der Waals surface area contributed by atoms with Crippen LogP contribution in [0.25, 0.3) is 0 Å². The zero-order valence-corrected chi connectivity index (χ0v) is 17.2. The van der Waals surface area contributed by atoms with E-state index >= 15 is 0 Å². The van der Waals surface area contributed by atoms with Crippen molar-refractivity contribution in [3.8, 4) is 11.5 Å². The smallest absolute Gasteiger partial charge is 0.225 e. The highest BCUT2D eigenvalue weighted by Gasteiger charge is 2.39. The Labute approximate surface area is 171 Å². The lowest BCUT2D eigenvalue weighted by Crippen LogP contribution is -2.47. The molecule has 0 aromatic heterocycles. The van der Waals surface area contributed by atoms with Gasteiger partial charge in [-0.25, -0.2) is 0 Å². The number of likely N-dealkylation sites (tertiary alicyclic amines) is 1. The van der Waals surface area contributed by atoms with Gasteiger partial charge in [-0.15, -0.1) is 0 Å². The fourth-order valence-corrected chi connectivity index (χ4v) is 3.97. The summed E-state index contributed by atoms with van der Waals surface area (Å²) in [6.07, 6.45) is 0.943. The van der Waals surface area contributed by atoms with E-state index in [4.69, 9.17) is 9.47 Å². The summed E-state index contributed by atoms with van der Waals surface area (Å²) in [5, 5.41) is 3.04. The molecule has 1 heterocycles. The number of piperidine rings is 1. The first-order chi connectivity index (χ1) is 14.1. The first kappa shape index (κ1) is 20.7. The molecule has 0 radical (unpaired) electrons. The van der Waals surface area contributed by atoms with Gasteiger partial charge in [0, 0.05) is 19.5 Å². The van der Waals surface area contributed by atoms with Crippen molar-refractivity contribution in [2.24, 2.45) is 5.92 Å². The largest absolute Gasteiger partial charge is 0.493 e. The van der Waals surface area contributed by atoms with Crippen molar-refractivity contribution in [1.29, 1.82) is 0 Å². The van der Waals surface area contributed by atoms with Crippen molar-refractivity contribution >= 4 is 11.8 Å². The second-order valence-electron chi connectivity index (χ2n) is 7.09. The van der Waals surface area contributed by atoms with Crippen molar-refractivity contribution in [3.63, 3.8) is 0 Å². The molecule has 29 heavy (non-hydrogen) atoms. The van der Waals surface area contributed by atoms with Crippen LogP contribution in [0.15, 0.2) is 48.5 Å². The van der Waals surface area contributed by atoms with Crippen molar-refractivity contribution in [2.75, 3.05) is 20.8 Å². The standard InChI is InChI=1S/C23H28N2O4/c1-4-25-21(26)13-11-18(22(25)17-8-6-5-7-9-17)23(27)24-15-16-10-12-19(28-2)20(14-16)29-3/h5-10,12,14,18,22H,4,11,13,15H2,1-3H3,(H,24,27)/t18-,22+/m1/s1. The lowest BCUT2D eigenvalue weighted by molar-refractivity contribution is -0.143. The molecule has 0 spiro atoms. The van der Waals surface area contributed by atoms with Gasteiger partial charge in [-0.1, -0.05) is 36.4 Å². The maximum absolute atomic E-state index is 13.1. The molecule has 1 fully saturated rings. The molecule has 6 nitrogen and oxygen atoms in total. The summed E-state index contributed by atoms with van der Waals surface area (Å²) in [4.78, 5) is 27.4. The van der Waals surface area contributed by atoms with E-state index in [9.17, 15) is 9.59 Å². The van der Waals surface area contributed by atoms with Crippen LogP contribution in [0.2, 0.25) is 0 Å². The third kappa shape index (κ3) is 4.53. The number of benzene rings is 2. The van der Waals surface area contributed by atoms with Crippen molar-refractivity contribution in [3.05, 3.63) is 59.7 Å². The predicted octanol–water partition coefficient (Wildman–Crippen LogP) is 3.32. The normalized spacial score (nSPS) is 19.0. The topological polar surface area (TPSA) is 67.9 Å². The average molecular weight is 396 g/mol. The molecule has 2 aromatic carbocycles. The Morgan fingerprint density at radius 3 is 2.48 bits per heavy atom. The number of amides is 2. The Morgan fingerprint density at radius 1 is 1.10 bits per heavy atom. The third-order valence-electron chi connectivity index (χ3n) is 5.44. The second-order valence-corrected chi connectivity index (χ2v) is 7.09. The van der Waals surface area contributed by atoms with Crippen molar-refractivity contribution in [2.45, 2.75) is 32.4 Å². The van der Waals surface area contributed by atoms with E-state index in [-0.39, 0.29) is 23.8 Å². The number of nitrogens with one attached hydrogen (secondary N) is 1. The molecular formula is C23H28N2O4. The zero-order valence-electron chi connectivity index (χ0n) is 17.2. The summed E-state index contributed by atoms with van der Waals surface area (Å²) < 4.78 is 10.6. The van der Waals surface area contributed by atoms with Crippen LogP contribution < -0.4 is 14.8 Å². The second kappa shape index (κ2) is 9.45. The van der Waals surface area contributed by atoms with Gasteiger partial charge in [-0.3, -0.25) is 9.59 Å². The molecule has 1 N–H and O–H groups in total. The molecule has 0 aliphatic carbocycles. The van der Waals surface area contributed by atoms with Gasteiger partial charge >= 0.3 is 0 Å². The number of hydrogen-bond acceptors (Lipinski definition) is 4. The van der Waals surface area contributed by atoms with Gasteiger partial charge in [0.15, 0.2) is 11.5 Å². The molecule has 6 heteroatoms. The minimum absolute atomic E-state index is 0.0420. The van der Waals surface area contributed by atoms with Gasteiger partial charge in [0.1, 0.15) is 0 Å². The number of nitrogens with zero attached hydrogens (tertiary/aromatic N) is 1. The van der Waals surface area contributed by atoms with Crippen LogP contribution >= 0.6 is 0 Å². The summed E-state index contributed by atoms with van der Waals surface area (Å²) in [7, 11) is 3.18. The molecular weight excluding hydrogens is 368 g/mol. The third-order valence-corrected chi connectivity index (χ3v) is 5.44. The predicted molar refractivity (Wildman–Crippen MR) is 111 cm³/mol. The number of carbonyl (C=O) groups is 2. The summed E-state index contributed by atoms with van der Waals surface area (Å²) in [6.45, 7) is 2.92. The van der Waals surface area contributed by atoms with E-state index in [1.54, 1.807) is 14.2 Å². The summed E-state index contributed by atoms with van der Waals surface area (Å²) >= 11 is 0.